The van der Waals surface area contributed by atoms with Crippen molar-refractivity contribution in [3.05, 3.63) is 71.8 Å². The van der Waals surface area contributed by atoms with Crippen LogP contribution in [-0.4, -0.2) is 17.1 Å². The highest BCUT2D eigenvalue weighted by atomic mass is 15.1. The summed E-state index contributed by atoms with van der Waals surface area (Å²) in [5.74, 6) is 0. The van der Waals surface area contributed by atoms with E-state index < -0.39 is 0 Å². The Morgan fingerprint density at radius 1 is 0.565 bits per heavy atom. The van der Waals surface area contributed by atoms with Gasteiger partial charge in [-0.3, -0.25) is 9.98 Å². The summed E-state index contributed by atoms with van der Waals surface area (Å²) in [5.41, 5.74) is 4.28. The van der Waals surface area contributed by atoms with Gasteiger partial charge in [-0.25, -0.2) is 0 Å². The van der Waals surface area contributed by atoms with Gasteiger partial charge in [0.2, 0.25) is 0 Å². The molecule has 1 aliphatic carbocycles. The van der Waals surface area contributed by atoms with Gasteiger partial charge in [-0.05, 0) is 25.7 Å². The zero-order valence-corrected chi connectivity index (χ0v) is 13.4. The molecular formula is C21H22N2. The van der Waals surface area contributed by atoms with Gasteiger partial charge in [-0.1, -0.05) is 73.5 Å². The summed E-state index contributed by atoms with van der Waals surface area (Å²) >= 11 is 0. The second-order valence-corrected chi connectivity index (χ2v) is 6.55. The zero-order valence-electron chi connectivity index (χ0n) is 13.4. The number of aliphatic imine (C=N–C) groups is 2. The van der Waals surface area contributed by atoms with E-state index in [1.807, 2.05) is 0 Å². The third-order valence-corrected chi connectivity index (χ3v) is 4.86. The summed E-state index contributed by atoms with van der Waals surface area (Å²) in [6, 6.07) is 21.0. The van der Waals surface area contributed by atoms with E-state index in [0.29, 0.717) is 0 Å². The van der Waals surface area contributed by atoms with Gasteiger partial charge in [0.25, 0.3) is 0 Å². The number of nitrogens with zero attached hydrogens (tertiary/aromatic N) is 2. The van der Waals surface area contributed by atoms with Crippen molar-refractivity contribution in [2.24, 2.45) is 9.98 Å². The smallest absolute Gasteiger partial charge is 0.151 e. The van der Waals surface area contributed by atoms with Crippen LogP contribution in [0.4, 0.5) is 0 Å². The van der Waals surface area contributed by atoms with Crippen LogP contribution >= 0.6 is 0 Å². The first kappa shape index (κ1) is 14.4. The van der Waals surface area contributed by atoms with Crippen LogP contribution in [0.25, 0.3) is 0 Å². The van der Waals surface area contributed by atoms with Crippen LogP contribution in [0.3, 0.4) is 0 Å². The fourth-order valence-corrected chi connectivity index (χ4v) is 3.66. The average Bonchev–Trinajstić information content (AvgIpc) is 2.84. The van der Waals surface area contributed by atoms with E-state index in [1.54, 1.807) is 0 Å². The standard InChI is InChI=1S/C21H22N2/c1-2-10-16-21(15-9-1)22-19(17-11-5-3-6-12-17)20(23-21)18-13-7-4-8-14-18/h3-8,11-14H,1-2,9-10,15-16H2. The fraction of sp³-hybridized carbons (Fsp3) is 0.333. The summed E-state index contributed by atoms with van der Waals surface area (Å²) in [4.78, 5) is 10.4. The molecule has 2 aromatic rings. The van der Waals surface area contributed by atoms with E-state index in [-0.39, 0.29) is 5.66 Å². The third kappa shape index (κ3) is 2.86. The quantitative estimate of drug-likeness (QED) is 0.743. The lowest BCUT2D eigenvalue weighted by Gasteiger charge is -2.20. The molecule has 2 aromatic carbocycles. The molecule has 0 aromatic heterocycles. The molecule has 1 aliphatic heterocycles. The van der Waals surface area contributed by atoms with Gasteiger partial charge >= 0.3 is 0 Å². The molecule has 0 atom stereocenters. The lowest BCUT2D eigenvalue weighted by Crippen LogP contribution is -2.20. The van der Waals surface area contributed by atoms with Crippen LogP contribution in [0.2, 0.25) is 0 Å². The van der Waals surface area contributed by atoms with Crippen molar-refractivity contribution in [1.29, 1.82) is 0 Å². The number of benzene rings is 2. The molecule has 0 N–H and O–H groups in total. The van der Waals surface area contributed by atoms with Crippen molar-refractivity contribution in [2.75, 3.05) is 0 Å². The zero-order chi connectivity index (χ0) is 15.5. The van der Waals surface area contributed by atoms with Crippen LogP contribution < -0.4 is 0 Å². The molecule has 1 fully saturated rings. The van der Waals surface area contributed by atoms with E-state index >= 15 is 0 Å². The maximum atomic E-state index is 5.18. The first-order chi connectivity index (χ1) is 11.4. The summed E-state index contributed by atoms with van der Waals surface area (Å²) < 4.78 is 0. The van der Waals surface area contributed by atoms with Gasteiger partial charge < -0.3 is 0 Å². The van der Waals surface area contributed by atoms with Crippen LogP contribution in [0.5, 0.6) is 0 Å². The first-order valence-corrected chi connectivity index (χ1v) is 8.67. The minimum Gasteiger partial charge on any atom is -0.253 e. The van der Waals surface area contributed by atoms with Crippen molar-refractivity contribution in [2.45, 2.75) is 44.2 Å². The van der Waals surface area contributed by atoms with Gasteiger partial charge in [0.05, 0.1) is 11.4 Å². The Balaban J connectivity index is 1.82. The van der Waals surface area contributed by atoms with E-state index in [9.17, 15) is 0 Å². The number of hydrogen-bond donors (Lipinski definition) is 0. The molecular weight excluding hydrogens is 280 g/mol. The molecule has 1 spiro atoms. The van der Waals surface area contributed by atoms with Crippen molar-refractivity contribution in [1.82, 2.24) is 0 Å². The monoisotopic (exact) mass is 302 g/mol. The van der Waals surface area contributed by atoms with Crippen LogP contribution in [0.1, 0.15) is 49.7 Å². The van der Waals surface area contributed by atoms with Gasteiger partial charge in [-0.2, -0.15) is 0 Å². The molecule has 0 saturated heterocycles. The second-order valence-electron chi connectivity index (χ2n) is 6.55. The molecule has 1 saturated carbocycles. The highest BCUT2D eigenvalue weighted by molar-refractivity contribution is 6.54. The Kier molecular flexibility index (Phi) is 3.82. The summed E-state index contributed by atoms with van der Waals surface area (Å²) in [7, 11) is 0. The topological polar surface area (TPSA) is 24.7 Å². The molecule has 2 aliphatic rings. The lowest BCUT2D eigenvalue weighted by atomic mass is 10.0. The molecule has 23 heavy (non-hydrogen) atoms. The molecule has 0 bridgehead atoms. The molecule has 116 valence electrons. The summed E-state index contributed by atoms with van der Waals surface area (Å²) in [5, 5.41) is 0. The predicted molar refractivity (Wildman–Crippen MR) is 96.4 cm³/mol. The van der Waals surface area contributed by atoms with Crippen LogP contribution in [0, 0.1) is 0 Å². The predicted octanol–water partition coefficient (Wildman–Crippen LogP) is 5.03. The van der Waals surface area contributed by atoms with Crippen LogP contribution in [0.15, 0.2) is 70.6 Å². The van der Waals surface area contributed by atoms with Gasteiger partial charge in [0, 0.05) is 11.1 Å². The lowest BCUT2D eigenvalue weighted by molar-refractivity contribution is 0.401. The molecule has 1 heterocycles. The van der Waals surface area contributed by atoms with Crippen LogP contribution in [-0.2, 0) is 0 Å². The molecule has 4 rings (SSSR count). The number of rotatable bonds is 2. The fourth-order valence-electron chi connectivity index (χ4n) is 3.66. The highest BCUT2D eigenvalue weighted by Gasteiger charge is 2.36. The van der Waals surface area contributed by atoms with E-state index in [0.717, 1.165) is 24.3 Å². The van der Waals surface area contributed by atoms with E-state index in [2.05, 4.69) is 60.7 Å². The first-order valence-electron chi connectivity index (χ1n) is 8.67. The Hall–Kier alpha value is -2.22. The van der Waals surface area contributed by atoms with E-state index in [4.69, 9.17) is 9.98 Å². The Bertz CT molecular complexity index is 663. The normalized spacial score (nSPS) is 20.0. The second kappa shape index (κ2) is 6.11. The third-order valence-electron chi connectivity index (χ3n) is 4.86. The van der Waals surface area contributed by atoms with Crippen molar-refractivity contribution >= 4 is 11.4 Å². The van der Waals surface area contributed by atoms with Gasteiger partial charge in [-0.15, -0.1) is 0 Å². The highest BCUT2D eigenvalue weighted by Crippen LogP contribution is 2.37. The maximum absolute atomic E-state index is 5.18. The molecule has 2 nitrogen and oxygen atoms in total. The van der Waals surface area contributed by atoms with Gasteiger partial charge in [0.1, 0.15) is 0 Å². The van der Waals surface area contributed by atoms with Gasteiger partial charge in [0.15, 0.2) is 5.66 Å². The Morgan fingerprint density at radius 3 is 1.43 bits per heavy atom. The molecule has 0 unspecified atom stereocenters. The number of hydrogen-bond acceptors (Lipinski definition) is 2. The average molecular weight is 302 g/mol. The Morgan fingerprint density at radius 2 is 1.00 bits per heavy atom. The van der Waals surface area contributed by atoms with Crippen molar-refractivity contribution in [3.63, 3.8) is 0 Å². The minimum absolute atomic E-state index is 0.215. The minimum atomic E-state index is -0.215. The van der Waals surface area contributed by atoms with E-state index in [1.165, 1.54) is 36.8 Å². The Labute approximate surface area is 138 Å². The van der Waals surface area contributed by atoms with Crippen molar-refractivity contribution in [3.8, 4) is 0 Å². The maximum Gasteiger partial charge on any atom is 0.151 e. The molecule has 0 radical (unpaired) electrons. The summed E-state index contributed by atoms with van der Waals surface area (Å²) in [6.45, 7) is 0. The molecule has 0 amide bonds. The largest absolute Gasteiger partial charge is 0.253 e. The van der Waals surface area contributed by atoms with Crippen molar-refractivity contribution < 1.29 is 0 Å². The summed E-state index contributed by atoms with van der Waals surface area (Å²) in [6.07, 6.45) is 7.26. The SMILES string of the molecule is c1ccc(C2=NC3(CCCCCC3)N=C2c2ccccc2)cc1. The molecule has 2 heteroatoms.